The molecular weight excluding hydrogens is 256 g/mol. The fourth-order valence-corrected chi connectivity index (χ4v) is 3.39. The van der Waals surface area contributed by atoms with Gasteiger partial charge in [0.05, 0.1) is 9.16 Å². The van der Waals surface area contributed by atoms with Crippen LogP contribution in [-0.2, 0) is 0 Å². The molecule has 0 aliphatic heterocycles. The van der Waals surface area contributed by atoms with E-state index in [1.807, 2.05) is 0 Å². The molecule has 66 valence electrons. The summed E-state index contributed by atoms with van der Waals surface area (Å²) in [5.74, 6) is 0.734. The lowest BCUT2D eigenvalue weighted by atomic mass is 9.82. The van der Waals surface area contributed by atoms with Crippen molar-refractivity contribution in [1.82, 2.24) is 0 Å². The highest BCUT2D eigenvalue weighted by Crippen LogP contribution is 2.44. The van der Waals surface area contributed by atoms with Crippen LogP contribution >= 0.6 is 38.9 Å². The van der Waals surface area contributed by atoms with E-state index in [9.17, 15) is 0 Å². The maximum atomic E-state index is 6.31. The van der Waals surface area contributed by atoms with Gasteiger partial charge in [-0.05, 0) is 46.8 Å². The van der Waals surface area contributed by atoms with Gasteiger partial charge in [0.25, 0.3) is 0 Å². The largest absolute Gasteiger partial charge is 0.132 e. The van der Waals surface area contributed by atoms with Gasteiger partial charge in [0.15, 0.2) is 0 Å². The van der Waals surface area contributed by atoms with Crippen molar-refractivity contribution in [1.29, 1.82) is 0 Å². The van der Waals surface area contributed by atoms with Crippen molar-refractivity contribution in [2.75, 3.05) is 0 Å². The lowest BCUT2D eigenvalue weighted by molar-refractivity contribution is 0.307. The Morgan fingerprint density at radius 2 is 2.25 bits per heavy atom. The Morgan fingerprint density at radius 3 is 2.67 bits per heavy atom. The molecule has 0 nitrogen and oxygen atoms in total. The molecule has 1 aliphatic carbocycles. The normalized spacial score (nSPS) is 20.5. The van der Waals surface area contributed by atoms with Crippen LogP contribution in [0.5, 0.6) is 0 Å². The van der Waals surface area contributed by atoms with Gasteiger partial charge in [0.2, 0.25) is 0 Å². The van der Waals surface area contributed by atoms with Gasteiger partial charge in [0.1, 0.15) is 0 Å². The molecule has 0 amide bonds. The summed E-state index contributed by atoms with van der Waals surface area (Å²) >= 11 is 11.5. The predicted molar refractivity (Wildman–Crippen MR) is 58.0 cm³/mol. The van der Waals surface area contributed by atoms with E-state index >= 15 is 0 Å². The molecule has 0 radical (unpaired) electrons. The Hall–Kier alpha value is 0.470. The Kier molecular flexibility index (Phi) is 2.78. The topological polar surface area (TPSA) is 0 Å². The molecule has 1 aromatic rings. The average molecular weight is 266 g/mol. The zero-order chi connectivity index (χ0) is 8.55. The summed E-state index contributed by atoms with van der Waals surface area (Å²) in [6, 6.07) is 4.21. The number of thiophene rings is 1. The standard InChI is InChI=1S/C9H10BrClS/c10-8-5-4-7(12-8)9(11)6-2-1-3-6/h4-6,9H,1-3H2. The molecule has 0 saturated heterocycles. The first kappa shape index (κ1) is 9.04. The molecule has 0 N–H and O–H groups in total. The third-order valence-electron chi connectivity index (χ3n) is 2.43. The molecule has 1 heterocycles. The number of rotatable bonds is 2. The summed E-state index contributed by atoms with van der Waals surface area (Å²) in [4.78, 5) is 1.31. The first-order valence-corrected chi connectivity index (χ1v) is 6.21. The molecular formula is C9H10BrClS. The number of alkyl halides is 1. The average Bonchev–Trinajstić information content (AvgIpc) is 2.31. The fourth-order valence-electron chi connectivity index (χ4n) is 1.44. The molecule has 1 saturated carbocycles. The van der Waals surface area contributed by atoms with E-state index in [1.54, 1.807) is 11.3 Å². The Labute approximate surface area is 90.1 Å². The first-order chi connectivity index (χ1) is 5.77. The summed E-state index contributed by atoms with van der Waals surface area (Å²) in [7, 11) is 0. The summed E-state index contributed by atoms with van der Waals surface area (Å²) < 4.78 is 1.18. The van der Waals surface area contributed by atoms with E-state index in [2.05, 4.69) is 28.1 Å². The molecule has 2 rings (SSSR count). The van der Waals surface area contributed by atoms with Crippen molar-refractivity contribution in [3.8, 4) is 0 Å². The third-order valence-corrected chi connectivity index (χ3v) is 4.86. The third kappa shape index (κ3) is 1.70. The van der Waals surface area contributed by atoms with E-state index in [0.717, 1.165) is 5.92 Å². The Morgan fingerprint density at radius 1 is 1.50 bits per heavy atom. The first-order valence-electron chi connectivity index (χ1n) is 4.16. The van der Waals surface area contributed by atoms with Gasteiger partial charge in [-0.2, -0.15) is 0 Å². The van der Waals surface area contributed by atoms with Crippen LogP contribution in [0.15, 0.2) is 15.9 Å². The van der Waals surface area contributed by atoms with Gasteiger partial charge in [-0.25, -0.2) is 0 Å². The molecule has 1 aromatic heterocycles. The van der Waals surface area contributed by atoms with E-state index in [0.29, 0.717) is 0 Å². The number of hydrogen-bond acceptors (Lipinski definition) is 1. The molecule has 1 unspecified atom stereocenters. The van der Waals surface area contributed by atoms with Crippen LogP contribution < -0.4 is 0 Å². The lowest BCUT2D eigenvalue weighted by Gasteiger charge is -2.29. The highest BCUT2D eigenvalue weighted by Gasteiger charge is 2.27. The smallest absolute Gasteiger partial charge is 0.0707 e. The minimum absolute atomic E-state index is 0.259. The molecule has 0 bridgehead atoms. The number of hydrogen-bond donors (Lipinski definition) is 0. The number of halogens is 2. The van der Waals surface area contributed by atoms with Gasteiger partial charge in [0, 0.05) is 4.88 Å². The van der Waals surface area contributed by atoms with Crippen LogP contribution in [0.2, 0.25) is 0 Å². The van der Waals surface area contributed by atoms with Crippen LogP contribution in [0.3, 0.4) is 0 Å². The molecule has 1 atom stereocenters. The summed E-state index contributed by atoms with van der Waals surface area (Å²) in [6.07, 6.45) is 3.98. The van der Waals surface area contributed by atoms with Gasteiger partial charge >= 0.3 is 0 Å². The van der Waals surface area contributed by atoms with Gasteiger partial charge in [-0.15, -0.1) is 22.9 Å². The minimum atomic E-state index is 0.259. The van der Waals surface area contributed by atoms with Gasteiger partial charge in [-0.1, -0.05) is 6.42 Å². The molecule has 3 heteroatoms. The Balaban J connectivity index is 2.08. The zero-order valence-electron chi connectivity index (χ0n) is 6.59. The molecule has 1 aliphatic rings. The molecule has 0 aromatic carbocycles. The van der Waals surface area contributed by atoms with Crippen LogP contribution in [-0.4, -0.2) is 0 Å². The summed E-state index contributed by atoms with van der Waals surface area (Å²) in [6.45, 7) is 0. The highest BCUT2D eigenvalue weighted by molar-refractivity contribution is 9.11. The van der Waals surface area contributed by atoms with Crippen LogP contribution in [0.4, 0.5) is 0 Å². The lowest BCUT2D eigenvalue weighted by Crippen LogP contribution is -2.15. The second-order valence-electron chi connectivity index (χ2n) is 3.23. The van der Waals surface area contributed by atoms with Gasteiger partial charge in [-0.3, -0.25) is 0 Å². The van der Waals surface area contributed by atoms with Crippen molar-refractivity contribution in [3.63, 3.8) is 0 Å². The Bertz CT molecular complexity index is 267. The minimum Gasteiger partial charge on any atom is -0.132 e. The maximum absolute atomic E-state index is 6.31. The van der Waals surface area contributed by atoms with E-state index < -0.39 is 0 Å². The monoisotopic (exact) mass is 264 g/mol. The molecule has 0 spiro atoms. The SMILES string of the molecule is ClC(c1ccc(Br)s1)C1CCC1. The second kappa shape index (κ2) is 3.69. The summed E-state index contributed by atoms with van der Waals surface area (Å²) in [5, 5.41) is 0.259. The highest BCUT2D eigenvalue weighted by atomic mass is 79.9. The van der Waals surface area contributed by atoms with Crippen molar-refractivity contribution >= 4 is 38.9 Å². The van der Waals surface area contributed by atoms with Crippen molar-refractivity contribution in [2.45, 2.75) is 24.6 Å². The van der Waals surface area contributed by atoms with E-state index in [-0.39, 0.29) is 5.38 Å². The van der Waals surface area contributed by atoms with Crippen molar-refractivity contribution in [2.24, 2.45) is 5.92 Å². The second-order valence-corrected chi connectivity index (χ2v) is 6.20. The van der Waals surface area contributed by atoms with Crippen LogP contribution in [0.25, 0.3) is 0 Å². The predicted octanol–water partition coefficient (Wildman–Crippen LogP) is 4.59. The van der Waals surface area contributed by atoms with E-state index in [4.69, 9.17) is 11.6 Å². The molecule has 12 heavy (non-hydrogen) atoms. The fraction of sp³-hybridized carbons (Fsp3) is 0.556. The summed E-state index contributed by atoms with van der Waals surface area (Å²) in [5.41, 5.74) is 0. The maximum Gasteiger partial charge on any atom is 0.0707 e. The van der Waals surface area contributed by atoms with Crippen molar-refractivity contribution in [3.05, 3.63) is 20.8 Å². The van der Waals surface area contributed by atoms with Crippen molar-refractivity contribution < 1.29 is 0 Å². The van der Waals surface area contributed by atoms with Crippen LogP contribution in [0, 0.1) is 5.92 Å². The molecule has 1 fully saturated rings. The van der Waals surface area contributed by atoms with E-state index in [1.165, 1.54) is 27.9 Å². The quantitative estimate of drug-likeness (QED) is 0.686. The van der Waals surface area contributed by atoms with Crippen LogP contribution in [0.1, 0.15) is 29.5 Å². The van der Waals surface area contributed by atoms with Gasteiger partial charge < -0.3 is 0 Å². The zero-order valence-corrected chi connectivity index (χ0v) is 9.75.